The standard InChI is InChI=1S/C22H34N2O3S/c1-4-24(16-9-7-6-8-10-16)14-19(25)23-21-20(22(26)27-5-2)17-12-11-15(3)13-18(17)28-21/h15-16H,4-14H2,1-3H3,(H,23,25)/p+1/t15-/m0/s1. The van der Waals surface area contributed by atoms with Gasteiger partial charge in [0, 0.05) is 4.88 Å². The lowest BCUT2D eigenvalue weighted by atomic mass is 9.88. The Balaban J connectivity index is 1.74. The lowest BCUT2D eigenvalue weighted by molar-refractivity contribution is -0.917. The Morgan fingerprint density at radius 2 is 1.93 bits per heavy atom. The van der Waals surface area contributed by atoms with Crippen LogP contribution in [0.5, 0.6) is 0 Å². The van der Waals surface area contributed by atoms with Gasteiger partial charge < -0.3 is 15.0 Å². The number of carbonyl (C=O) groups is 2. The molecule has 1 saturated carbocycles. The van der Waals surface area contributed by atoms with Crippen LogP contribution in [-0.2, 0) is 22.4 Å². The molecule has 156 valence electrons. The second kappa shape index (κ2) is 9.88. The molecule has 1 amide bonds. The Labute approximate surface area is 172 Å². The number of esters is 1. The van der Waals surface area contributed by atoms with E-state index in [0.29, 0.717) is 35.7 Å². The molecule has 5 nitrogen and oxygen atoms in total. The van der Waals surface area contributed by atoms with Gasteiger partial charge in [0.25, 0.3) is 5.91 Å². The lowest BCUT2D eigenvalue weighted by Crippen LogP contribution is -3.16. The minimum atomic E-state index is -0.295. The summed E-state index contributed by atoms with van der Waals surface area (Å²) in [4.78, 5) is 28.1. The zero-order chi connectivity index (χ0) is 20.1. The summed E-state index contributed by atoms with van der Waals surface area (Å²) in [6, 6.07) is 0.589. The van der Waals surface area contributed by atoms with Crippen molar-refractivity contribution < 1.29 is 19.2 Å². The van der Waals surface area contributed by atoms with E-state index >= 15 is 0 Å². The lowest BCUT2D eigenvalue weighted by Gasteiger charge is -2.30. The first kappa shape index (κ1) is 21.3. The maximum Gasteiger partial charge on any atom is 0.341 e. The van der Waals surface area contributed by atoms with Crippen LogP contribution in [0.15, 0.2) is 0 Å². The van der Waals surface area contributed by atoms with E-state index < -0.39 is 0 Å². The van der Waals surface area contributed by atoms with Gasteiger partial charge in [0.15, 0.2) is 6.54 Å². The number of likely N-dealkylation sites (N-methyl/N-ethyl adjacent to an activating group) is 1. The highest BCUT2D eigenvalue weighted by atomic mass is 32.1. The summed E-state index contributed by atoms with van der Waals surface area (Å²) in [7, 11) is 0. The molecule has 1 unspecified atom stereocenters. The van der Waals surface area contributed by atoms with Gasteiger partial charge in [0.05, 0.1) is 24.8 Å². The first-order valence-corrected chi connectivity index (χ1v) is 11.8. The van der Waals surface area contributed by atoms with Crippen molar-refractivity contribution in [2.75, 3.05) is 25.0 Å². The van der Waals surface area contributed by atoms with E-state index in [1.807, 2.05) is 6.92 Å². The fourth-order valence-corrected chi connectivity index (χ4v) is 6.12. The molecule has 2 aliphatic carbocycles. The van der Waals surface area contributed by atoms with Crippen molar-refractivity contribution >= 4 is 28.2 Å². The minimum Gasteiger partial charge on any atom is -0.462 e. The number of nitrogens with one attached hydrogen (secondary N) is 2. The number of fused-ring (bicyclic) bond motifs is 1. The first-order valence-electron chi connectivity index (χ1n) is 11.0. The smallest absolute Gasteiger partial charge is 0.341 e. The van der Waals surface area contributed by atoms with E-state index in [4.69, 9.17) is 4.74 Å². The van der Waals surface area contributed by atoms with Gasteiger partial charge in [0.2, 0.25) is 0 Å². The Bertz CT molecular complexity index is 694. The third-order valence-corrected chi connectivity index (χ3v) is 7.44. The van der Waals surface area contributed by atoms with Crippen molar-refractivity contribution in [1.82, 2.24) is 0 Å². The van der Waals surface area contributed by atoms with Crippen molar-refractivity contribution in [1.29, 1.82) is 0 Å². The summed E-state index contributed by atoms with van der Waals surface area (Å²) < 4.78 is 5.31. The third kappa shape index (κ3) is 4.95. The fourth-order valence-electron chi connectivity index (χ4n) is 4.70. The maximum absolute atomic E-state index is 12.9. The Hall–Kier alpha value is -1.40. The largest absolute Gasteiger partial charge is 0.462 e. The van der Waals surface area contributed by atoms with Gasteiger partial charge >= 0.3 is 5.97 Å². The van der Waals surface area contributed by atoms with Crippen LogP contribution >= 0.6 is 11.3 Å². The highest BCUT2D eigenvalue weighted by Crippen LogP contribution is 2.40. The topological polar surface area (TPSA) is 59.8 Å². The number of quaternary nitrogens is 1. The van der Waals surface area contributed by atoms with E-state index in [-0.39, 0.29) is 11.9 Å². The van der Waals surface area contributed by atoms with Gasteiger partial charge in [0.1, 0.15) is 5.00 Å². The molecule has 3 rings (SSSR count). The van der Waals surface area contributed by atoms with Crippen LogP contribution in [0.4, 0.5) is 5.00 Å². The van der Waals surface area contributed by atoms with Crippen LogP contribution in [0.3, 0.4) is 0 Å². The van der Waals surface area contributed by atoms with E-state index in [2.05, 4.69) is 19.2 Å². The third-order valence-electron chi connectivity index (χ3n) is 6.27. The van der Waals surface area contributed by atoms with Crippen LogP contribution in [0, 0.1) is 5.92 Å². The first-order chi connectivity index (χ1) is 13.5. The molecule has 6 heteroatoms. The summed E-state index contributed by atoms with van der Waals surface area (Å²) in [5.41, 5.74) is 1.71. The average molecular weight is 408 g/mol. The number of anilines is 1. The second-order valence-corrected chi connectivity index (χ2v) is 9.45. The van der Waals surface area contributed by atoms with Crippen LogP contribution in [0.25, 0.3) is 0 Å². The molecule has 0 saturated heterocycles. The van der Waals surface area contributed by atoms with Gasteiger partial charge in [-0.25, -0.2) is 4.79 Å². The molecule has 0 radical (unpaired) electrons. The Morgan fingerprint density at radius 3 is 2.61 bits per heavy atom. The average Bonchev–Trinajstić information content (AvgIpc) is 3.03. The SMILES string of the molecule is CCOC(=O)c1c(NC(=O)C[NH+](CC)C2CCCCC2)sc2c1CC[C@H](C)C2. The number of carbonyl (C=O) groups excluding carboxylic acids is 2. The van der Waals surface area contributed by atoms with Gasteiger partial charge in [-0.15, -0.1) is 11.3 Å². The number of rotatable bonds is 7. The molecule has 1 fully saturated rings. The molecule has 28 heavy (non-hydrogen) atoms. The number of ether oxygens (including phenoxy) is 1. The summed E-state index contributed by atoms with van der Waals surface area (Å²) >= 11 is 1.58. The zero-order valence-electron chi connectivity index (χ0n) is 17.6. The molecule has 0 spiro atoms. The van der Waals surface area contributed by atoms with Crippen LogP contribution in [0.1, 0.15) is 80.1 Å². The van der Waals surface area contributed by atoms with Crippen molar-refractivity contribution in [3.63, 3.8) is 0 Å². The molecule has 1 heterocycles. The molecule has 0 bridgehead atoms. The van der Waals surface area contributed by atoms with E-state index in [1.165, 1.54) is 41.9 Å². The zero-order valence-corrected chi connectivity index (χ0v) is 18.4. The molecule has 2 N–H and O–H groups in total. The normalized spacial score (nSPS) is 21.0. The van der Waals surface area contributed by atoms with Gasteiger partial charge in [-0.3, -0.25) is 4.79 Å². The highest BCUT2D eigenvalue weighted by Gasteiger charge is 2.30. The second-order valence-electron chi connectivity index (χ2n) is 8.35. The van der Waals surface area contributed by atoms with Gasteiger partial charge in [-0.05, 0) is 70.3 Å². The van der Waals surface area contributed by atoms with Crippen molar-refractivity contribution in [2.45, 2.75) is 78.2 Å². The van der Waals surface area contributed by atoms with E-state index in [0.717, 1.165) is 31.4 Å². The number of hydrogen-bond donors (Lipinski definition) is 2. The fraction of sp³-hybridized carbons (Fsp3) is 0.727. The summed E-state index contributed by atoms with van der Waals surface area (Å²) in [6.07, 6.45) is 9.27. The minimum absolute atomic E-state index is 0.0135. The quantitative estimate of drug-likeness (QED) is 0.682. The number of hydrogen-bond acceptors (Lipinski definition) is 4. The van der Waals surface area contributed by atoms with Crippen molar-refractivity contribution in [3.05, 3.63) is 16.0 Å². The maximum atomic E-state index is 12.9. The predicted molar refractivity (Wildman–Crippen MR) is 113 cm³/mol. The van der Waals surface area contributed by atoms with Gasteiger partial charge in [-0.2, -0.15) is 0 Å². The number of amides is 1. The molecule has 2 atom stereocenters. The summed E-state index contributed by atoms with van der Waals surface area (Å²) in [5.74, 6) is 0.340. The number of thiophene rings is 1. The summed E-state index contributed by atoms with van der Waals surface area (Å²) in [5, 5.41) is 3.78. The van der Waals surface area contributed by atoms with Gasteiger partial charge in [-0.1, -0.05) is 13.3 Å². The van der Waals surface area contributed by atoms with E-state index in [1.54, 1.807) is 11.3 Å². The van der Waals surface area contributed by atoms with Crippen LogP contribution in [-0.4, -0.2) is 37.6 Å². The van der Waals surface area contributed by atoms with Crippen LogP contribution < -0.4 is 10.2 Å². The monoisotopic (exact) mass is 407 g/mol. The van der Waals surface area contributed by atoms with Crippen molar-refractivity contribution in [2.24, 2.45) is 5.92 Å². The Kier molecular flexibility index (Phi) is 7.52. The highest BCUT2D eigenvalue weighted by molar-refractivity contribution is 7.17. The molecule has 0 aliphatic heterocycles. The predicted octanol–water partition coefficient (Wildman–Crippen LogP) is 3.23. The molecular weight excluding hydrogens is 372 g/mol. The molecule has 2 aliphatic rings. The molecular formula is C22H35N2O3S+. The van der Waals surface area contributed by atoms with Crippen LogP contribution in [0.2, 0.25) is 0 Å². The Morgan fingerprint density at radius 1 is 1.18 bits per heavy atom. The van der Waals surface area contributed by atoms with E-state index in [9.17, 15) is 9.59 Å². The van der Waals surface area contributed by atoms with Crippen molar-refractivity contribution in [3.8, 4) is 0 Å². The summed E-state index contributed by atoms with van der Waals surface area (Å²) in [6.45, 7) is 8.01. The molecule has 1 aromatic rings. The molecule has 0 aromatic carbocycles. The molecule has 1 aromatic heterocycles.